The van der Waals surface area contributed by atoms with Crippen molar-refractivity contribution < 1.29 is 9.59 Å². The molecule has 0 radical (unpaired) electrons. The second kappa shape index (κ2) is 7.65. The number of carbonyl (C=O) groups excluding carboxylic acids is 2. The van der Waals surface area contributed by atoms with Gasteiger partial charge in [0.1, 0.15) is 0 Å². The van der Waals surface area contributed by atoms with Crippen LogP contribution in [0, 0.1) is 5.92 Å². The summed E-state index contributed by atoms with van der Waals surface area (Å²) in [6.45, 7) is 2.53. The normalized spacial score (nSPS) is 11.8. The average molecular weight is 277 g/mol. The van der Waals surface area contributed by atoms with E-state index in [9.17, 15) is 9.59 Å². The number of nitrogens with one attached hydrogen (secondary N) is 1. The van der Waals surface area contributed by atoms with Crippen molar-refractivity contribution in [3.8, 4) is 0 Å². The molecule has 5 heteroatoms. The van der Waals surface area contributed by atoms with Crippen LogP contribution in [-0.2, 0) is 4.79 Å². The van der Waals surface area contributed by atoms with Crippen molar-refractivity contribution in [1.82, 2.24) is 4.90 Å². The lowest BCUT2D eigenvalue weighted by Crippen LogP contribution is -2.22. The fraction of sp³-hybridized carbons (Fsp3) is 0.467. The number of anilines is 1. The molecule has 1 aromatic carbocycles. The summed E-state index contributed by atoms with van der Waals surface area (Å²) < 4.78 is 0. The molecule has 1 unspecified atom stereocenters. The number of nitrogens with zero attached hydrogens (tertiary/aromatic N) is 1. The van der Waals surface area contributed by atoms with Gasteiger partial charge in [0.25, 0.3) is 5.91 Å². The molecule has 0 aromatic heterocycles. The lowest BCUT2D eigenvalue weighted by molar-refractivity contribution is -0.117. The molecule has 2 amide bonds. The van der Waals surface area contributed by atoms with E-state index in [4.69, 9.17) is 5.73 Å². The molecular formula is C15H23N3O2. The molecular weight excluding hydrogens is 254 g/mol. The van der Waals surface area contributed by atoms with E-state index in [2.05, 4.69) is 5.32 Å². The van der Waals surface area contributed by atoms with Gasteiger partial charge in [-0.1, -0.05) is 13.3 Å². The minimum absolute atomic E-state index is 0.0472. The second-order valence-corrected chi connectivity index (χ2v) is 5.04. The van der Waals surface area contributed by atoms with E-state index in [1.807, 2.05) is 6.92 Å². The first-order valence-corrected chi connectivity index (χ1v) is 6.79. The van der Waals surface area contributed by atoms with Crippen LogP contribution < -0.4 is 11.1 Å². The van der Waals surface area contributed by atoms with E-state index in [0.717, 1.165) is 6.42 Å². The zero-order chi connectivity index (χ0) is 15.1. The summed E-state index contributed by atoms with van der Waals surface area (Å²) in [6.07, 6.45) is 1.31. The molecule has 0 saturated heterocycles. The Hall–Kier alpha value is -1.88. The molecule has 0 saturated carbocycles. The summed E-state index contributed by atoms with van der Waals surface area (Å²) >= 11 is 0. The van der Waals surface area contributed by atoms with Gasteiger partial charge in [-0.25, -0.2) is 0 Å². The number of benzene rings is 1. The predicted molar refractivity (Wildman–Crippen MR) is 80.5 cm³/mol. The van der Waals surface area contributed by atoms with Crippen molar-refractivity contribution in [2.75, 3.05) is 26.0 Å². The zero-order valence-electron chi connectivity index (χ0n) is 12.3. The molecule has 0 fully saturated rings. The van der Waals surface area contributed by atoms with Crippen LogP contribution in [0.1, 0.15) is 30.1 Å². The van der Waals surface area contributed by atoms with Crippen molar-refractivity contribution >= 4 is 17.5 Å². The summed E-state index contributed by atoms with van der Waals surface area (Å²) in [5, 5.41) is 2.82. The molecule has 1 aromatic rings. The third-order valence-electron chi connectivity index (χ3n) is 3.21. The van der Waals surface area contributed by atoms with Crippen molar-refractivity contribution in [3.63, 3.8) is 0 Å². The molecule has 1 atom stereocenters. The van der Waals surface area contributed by atoms with E-state index >= 15 is 0 Å². The molecule has 0 aliphatic heterocycles. The maximum Gasteiger partial charge on any atom is 0.253 e. The van der Waals surface area contributed by atoms with Crippen LogP contribution in [0.4, 0.5) is 5.69 Å². The fourth-order valence-corrected chi connectivity index (χ4v) is 1.82. The van der Waals surface area contributed by atoms with Gasteiger partial charge in [0.05, 0.1) is 0 Å². The lowest BCUT2D eigenvalue weighted by atomic mass is 10.0. The molecule has 1 rings (SSSR count). The molecule has 5 nitrogen and oxygen atoms in total. The van der Waals surface area contributed by atoms with Crippen molar-refractivity contribution in [2.24, 2.45) is 11.7 Å². The van der Waals surface area contributed by atoms with E-state index < -0.39 is 0 Å². The van der Waals surface area contributed by atoms with Gasteiger partial charge in [0, 0.05) is 31.8 Å². The Morgan fingerprint density at radius 3 is 2.30 bits per heavy atom. The van der Waals surface area contributed by atoms with Gasteiger partial charge in [-0.2, -0.15) is 0 Å². The Morgan fingerprint density at radius 1 is 1.25 bits per heavy atom. The van der Waals surface area contributed by atoms with Gasteiger partial charge in [-0.15, -0.1) is 0 Å². The Balaban J connectivity index is 2.61. The monoisotopic (exact) mass is 277 g/mol. The van der Waals surface area contributed by atoms with Crippen molar-refractivity contribution in [1.29, 1.82) is 0 Å². The van der Waals surface area contributed by atoms with Gasteiger partial charge in [-0.3, -0.25) is 9.59 Å². The molecule has 0 heterocycles. The first kappa shape index (κ1) is 16.2. The standard InChI is InChI=1S/C15H23N3O2/c1-4-11(10-16)9-14(19)17-13-7-5-12(6-8-13)15(20)18(2)3/h5-8,11H,4,9-10,16H2,1-3H3,(H,17,19). The smallest absolute Gasteiger partial charge is 0.253 e. The molecule has 0 aliphatic carbocycles. The average Bonchev–Trinajstić information content (AvgIpc) is 2.44. The third-order valence-corrected chi connectivity index (χ3v) is 3.21. The molecule has 0 spiro atoms. The molecule has 0 aliphatic rings. The van der Waals surface area contributed by atoms with E-state index in [0.29, 0.717) is 24.2 Å². The van der Waals surface area contributed by atoms with Crippen LogP contribution in [0.3, 0.4) is 0 Å². The first-order valence-electron chi connectivity index (χ1n) is 6.79. The number of rotatable bonds is 6. The minimum Gasteiger partial charge on any atom is -0.345 e. The van der Waals surface area contributed by atoms with Crippen molar-refractivity contribution in [2.45, 2.75) is 19.8 Å². The van der Waals surface area contributed by atoms with Crippen LogP contribution in [0.2, 0.25) is 0 Å². The number of carbonyl (C=O) groups is 2. The fourth-order valence-electron chi connectivity index (χ4n) is 1.82. The Kier molecular flexibility index (Phi) is 6.18. The topological polar surface area (TPSA) is 75.4 Å². The molecule has 110 valence electrons. The van der Waals surface area contributed by atoms with E-state index in [-0.39, 0.29) is 17.7 Å². The Labute approximate surface area is 120 Å². The maximum atomic E-state index is 11.8. The summed E-state index contributed by atoms with van der Waals surface area (Å²) in [6, 6.07) is 6.88. The summed E-state index contributed by atoms with van der Waals surface area (Å²) in [4.78, 5) is 25.1. The highest BCUT2D eigenvalue weighted by molar-refractivity contribution is 5.95. The first-order chi connectivity index (χ1) is 9.47. The van der Waals surface area contributed by atoms with E-state index in [1.54, 1.807) is 38.4 Å². The van der Waals surface area contributed by atoms with Crippen molar-refractivity contribution in [3.05, 3.63) is 29.8 Å². The Bertz CT molecular complexity index is 451. The van der Waals surface area contributed by atoms with E-state index in [1.165, 1.54) is 4.90 Å². The van der Waals surface area contributed by atoms with Crippen LogP contribution >= 0.6 is 0 Å². The van der Waals surface area contributed by atoms with Crippen LogP contribution in [-0.4, -0.2) is 37.4 Å². The van der Waals surface area contributed by atoms with Gasteiger partial charge in [-0.05, 0) is 36.7 Å². The highest BCUT2D eigenvalue weighted by Crippen LogP contribution is 2.13. The number of amides is 2. The Morgan fingerprint density at radius 2 is 1.85 bits per heavy atom. The molecule has 20 heavy (non-hydrogen) atoms. The largest absolute Gasteiger partial charge is 0.345 e. The second-order valence-electron chi connectivity index (χ2n) is 5.04. The number of hydrogen-bond donors (Lipinski definition) is 2. The minimum atomic E-state index is -0.0583. The van der Waals surface area contributed by atoms with Gasteiger partial charge in [0.15, 0.2) is 0 Å². The van der Waals surface area contributed by atoms with Crippen LogP contribution in [0.25, 0.3) is 0 Å². The number of hydrogen-bond acceptors (Lipinski definition) is 3. The van der Waals surface area contributed by atoms with Gasteiger partial charge in [0.2, 0.25) is 5.91 Å². The predicted octanol–water partition coefficient (Wildman–Crippen LogP) is 1.70. The zero-order valence-corrected chi connectivity index (χ0v) is 12.3. The summed E-state index contributed by atoms with van der Waals surface area (Å²) in [7, 11) is 3.41. The van der Waals surface area contributed by atoms with Crippen LogP contribution in [0.5, 0.6) is 0 Å². The van der Waals surface area contributed by atoms with Gasteiger partial charge >= 0.3 is 0 Å². The maximum absolute atomic E-state index is 11.8. The SMILES string of the molecule is CCC(CN)CC(=O)Nc1ccc(C(=O)N(C)C)cc1. The molecule has 0 bridgehead atoms. The van der Waals surface area contributed by atoms with Crippen LogP contribution in [0.15, 0.2) is 24.3 Å². The van der Waals surface area contributed by atoms with Gasteiger partial charge < -0.3 is 16.0 Å². The lowest BCUT2D eigenvalue weighted by Gasteiger charge is -2.13. The molecule has 3 N–H and O–H groups in total. The summed E-state index contributed by atoms with van der Waals surface area (Å²) in [5.41, 5.74) is 6.87. The highest BCUT2D eigenvalue weighted by Gasteiger charge is 2.11. The number of nitrogens with two attached hydrogens (primary N) is 1. The summed E-state index contributed by atoms with van der Waals surface area (Å²) in [5.74, 6) is 0.107. The quantitative estimate of drug-likeness (QED) is 0.831. The highest BCUT2D eigenvalue weighted by atomic mass is 16.2. The third kappa shape index (κ3) is 4.66.